The van der Waals surface area contributed by atoms with Crippen LogP contribution in [0, 0.1) is 5.82 Å². The predicted octanol–water partition coefficient (Wildman–Crippen LogP) is 3.03. The molecule has 4 nitrogen and oxygen atoms in total. The Morgan fingerprint density at radius 3 is 2.62 bits per heavy atom. The average molecular weight is 290 g/mol. The summed E-state index contributed by atoms with van der Waals surface area (Å²) >= 11 is 0. The van der Waals surface area contributed by atoms with Gasteiger partial charge in [0.15, 0.2) is 5.82 Å². The zero-order valence-corrected chi connectivity index (χ0v) is 13.2. The van der Waals surface area contributed by atoms with Crippen molar-refractivity contribution in [2.75, 3.05) is 0 Å². The maximum absolute atomic E-state index is 13.5. The van der Waals surface area contributed by atoms with E-state index in [2.05, 4.69) is 49.2 Å². The van der Waals surface area contributed by atoms with Gasteiger partial charge in [0.25, 0.3) is 0 Å². The fourth-order valence-electron chi connectivity index (χ4n) is 2.19. The maximum atomic E-state index is 13.5. The fraction of sp³-hybridized carbons (Fsp3) is 0.500. The lowest BCUT2D eigenvalue weighted by atomic mass is 10.2. The summed E-state index contributed by atoms with van der Waals surface area (Å²) in [5.41, 5.74) is 2.95. The van der Waals surface area contributed by atoms with Gasteiger partial charge in [-0.05, 0) is 25.0 Å². The van der Waals surface area contributed by atoms with Crippen LogP contribution in [-0.2, 0) is 19.4 Å². The summed E-state index contributed by atoms with van der Waals surface area (Å²) in [6.45, 7) is 8.86. The third kappa shape index (κ3) is 3.67. The van der Waals surface area contributed by atoms with Crippen LogP contribution in [0.1, 0.15) is 44.6 Å². The van der Waals surface area contributed by atoms with E-state index in [-0.39, 0.29) is 5.82 Å². The summed E-state index contributed by atoms with van der Waals surface area (Å²) in [5.74, 6) is 0.390. The summed E-state index contributed by atoms with van der Waals surface area (Å²) in [4.78, 5) is 4.27. The standard InChI is InChI=1S/C16H23FN4/c1-5-14-8-15(6-2)21(20-14)16-12(9-18-11(3)4)7-13(17)10-19-16/h7-8,10-11,18H,5-6,9H2,1-4H3. The predicted molar refractivity (Wildman–Crippen MR) is 82.0 cm³/mol. The van der Waals surface area contributed by atoms with Crippen molar-refractivity contribution in [3.8, 4) is 5.82 Å². The lowest BCUT2D eigenvalue weighted by Crippen LogP contribution is -2.23. The summed E-state index contributed by atoms with van der Waals surface area (Å²) in [6, 6.07) is 3.95. The van der Waals surface area contributed by atoms with Gasteiger partial charge < -0.3 is 5.32 Å². The molecular formula is C16H23FN4. The molecule has 0 bridgehead atoms. The Morgan fingerprint density at radius 1 is 1.24 bits per heavy atom. The lowest BCUT2D eigenvalue weighted by Gasteiger charge is -2.13. The second kappa shape index (κ2) is 6.80. The summed E-state index contributed by atoms with van der Waals surface area (Å²) in [7, 11) is 0. The molecule has 0 spiro atoms. The number of nitrogens with zero attached hydrogens (tertiary/aromatic N) is 3. The first kappa shape index (κ1) is 15.6. The number of nitrogens with one attached hydrogen (secondary N) is 1. The Balaban J connectivity index is 2.44. The van der Waals surface area contributed by atoms with Crippen molar-refractivity contribution in [3.05, 3.63) is 41.1 Å². The van der Waals surface area contributed by atoms with Crippen LogP contribution in [-0.4, -0.2) is 20.8 Å². The van der Waals surface area contributed by atoms with Crippen LogP contribution in [0.25, 0.3) is 5.82 Å². The number of halogens is 1. The lowest BCUT2D eigenvalue weighted by molar-refractivity contribution is 0.572. The average Bonchev–Trinajstić information content (AvgIpc) is 2.88. The van der Waals surface area contributed by atoms with Gasteiger partial charge in [0, 0.05) is 23.8 Å². The first-order valence-electron chi connectivity index (χ1n) is 7.51. The molecule has 0 aliphatic rings. The van der Waals surface area contributed by atoms with Gasteiger partial charge in [0.2, 0.25) is 0 Å². The molecule has 2 heterocycles. The van der Waals surface area contributed by atoms with Crippen LogP contribution in [0.15, 0.2) is 18.3 Å². The number of aromatic nitrogens is 3. The fourth-order valence-corrected chi connectivity index (χ4v) is 2.19. The van der Waals surface area contributed by atoms with Crippen molar-refractivity contribution in [2.24, 2.45) is 0 Å². The molecule has 0 unspecified atom stereocenters. The van der Waals surface area contributed by atoms with Crippen LogP contribution >= 0.6 is 0 Å². The quantitative estimate of drug-likeness (QED) is 0.889. The van der Waals surface area contributed by atoms with E-state index in [9.17, 15) is 4.39 Å². The molecule has 2 rings (SSSR count). The molecule has 21 heavy (non-hydrogen) atoms. The molecule has 2 aromatic heterocycles. The van der Waals surface area contributed by atoms with Gasteiger partial charge in [-0.15, -0.1) is 0 Å². The minimum atomic E-state index is -0.319. The van der Waals surface area contributed by atoms with E-state index in [1.807, 2.05) is 4.68 Å². The summed E-state index contributed by atoms with van der Waals surface area (Å²) in [6.07, 6.45) is 2.99. The Kier molecular flexibility index (Phi) is 5.07. The van der Waals surface area contributed by atoms with Crippen molar-refractivity contribution in [2.45, 2.75) is 53.1 Å². The van der Waals surface area contributed by atoms with Crippen molar-refractivity contribution < 1.29 is 4.39 Å². The van der Waals surface area contributed by atoms with Gasteiger partial charge in [-0.1, -0.05) is 27.7 Å². The first-order valence-corrected chi connectivity index (χ1v) is 7.51. The topological polar surface area (TPSA) is 42.7 Å². The zero-order chi connectivity index (χ0) is 15.4. The van der Waals surface area contributed by atoms with E-state index in [4.69, 9.17) is 0 Å². The molecule has 0 aliphatic carbocycles. The van der Waals surface area contributed by atoms with E-state index in [1.54, 1.807) is 0 Å². The molecule has 0 fully saturated rings. The van der Waals surface area contributed by atoms with Gasteiger partial charge in [0.1, 0.15) is 5.82 Å². The molecule has 0 atom stereocenters. The molecule has 5 heteroatoms. The molecule has 0 radical (unpaired) electrons. The summed E-state index contributed by atoms with van der Waals surface area (Å²) in [5, 5.41) is 7.90. The van der Waals surface area contributed by atoms with Crippen molar-refractivity contribution >= 4 is 0 Å². The highest BCUT2D eigenvalue weighted by Gasteiger charge is 2.13. The highest BCUT2D eigenvalue weighted by atomic mass is 19.1. The van der Waals surface area contributed by atoms with Crippen LogP contribution in [0.2, 0.25) is 0 Å². The van der Waals surface area contributed by atoms with Crippen molar-refractivity contribution in [1.82, 2.24) is 20.1 Å². The highest BCUT2D eigenvalue weighted by Crippen LogP contribution is 2.17. The number of hydrogen-bond acceptors (Lipinski definition) is 3. The molecule has 114 valence electrons. The molecule has 0 saturated heterocycles. The number of pyridine rings is 1. The van der Waals surface area contributed by atoms with Crippen LogP contribution in [0.5, 0.6) is 0 Å². The largest absolute Gasteiger partial charge is 0.310 e. The Labute approximate surface area is 125 Å². The number of rotatable bonds is 6. The van der Waals surface area contributed by atoms with E-state index in [0.29, 0.717) is 18.4 Å². The summed E-state index contributed by atoms with van der Waals surface area (Å²) < 4.78 is 15.4. The van der Waals surface area contributed by atoms with Gasteiger partial charge in [-0.25, -0.2) is 14.1 Å². The van der Waals surface area contributed by atoms with Crippen LogP contribution < -0.4 is 5.32 Å². The minimum Gasteiger partial charge on any atom is -0.310 e. The van der Waals surface area contributed by atoms with Crippen molar-refractivity contribution in [3.63, 3.8) is 0 Å². The van der Waals surface area contributed by atoms with Crippen LogP contribution in [0.4, 0.5) is 4.39 Å². The molecule has 0 saturated carbocycles. The van der Waals surface area contributed by atoms with E-state index < -0.39 is 0 Å². The van der Waals surface area contributed by atoms with Gasteiger partial charge in [-0.3, -0.25) is 0 Å². The second-order valence-electron chi connectivity index (χ2n) is 5.42. The first-order chi connectivity index (χ1) is 10.0. The third-order valence-corrected chi connectivity index (χ3v) is 3.37. The SMILES string of the molecule is CCc1cc(CC)n(-c2ncc(F)cc2CNC(C)C)n1. The van der Waals surface area contributed by atoms with E-state index in [0.717, 1.165) is 29.8 Å². The highest BCUT2D eigenvalue weighted by molar-refractivity contribution is 5.35. The van der Waals surface area contributed by atoms with E-state index in [1.165, 1.54) is 12.3 Å². The van der Waals surface area contributed by atoms with Crippen LogP contribution in [0.3, 0.4) is 0 Å². The molecule has 2 aromatic rings. The maximum Gasteiger partial charge on any atom is 0.158 e. The second-order valence-corrected chi connectivity index (χ2v) is 5.42. The molecule has 0 amide bonds. The smallest absolute Gasteiger partial charge is 0.158 e. The zero-order valence-electron chi connectivity index (χ0n) is 13.2. The normalized spacial score (nSPS) is 11.3. The molecule has 0 aliphatic heterocycles. The molecule has 0 aromatic carbocycles. The molecular weight excluding hydrogens is 267 g/mol. The number of hydrogen-bond donors (Lipinski definition) is 1. The van der Waals surface area contributed by atoms with Gasteiger partial charge >= 0.3 is 0 Å². The minimum absolute atomic E-state index is 0.319. The van der Waals surface area contributed by atoms with Gasteiger partial charge in [0.05, 0.1) is 11.9 Å². The Hall–Kier alpha value is -1.75. The molecule has 1 N–H and O–H groups in total. The van der Waals surface area contributed by atoms with Crippen molar-refractivity contribution in [1.29, 1.82) is 0 Å². The third-order valence-electron chi connectivity index (χ3n) is 3.37. The van der Waals surface area contributed by atoms with E-state index >= 15 is 0 Å². The number of aryl methyl sites for hydroxylation is 2. The Morgan fingerprint density at radius 2 is 2.00 bits per heavy atom. The Bertz CT molecular complexity index is 604. The monoisotopic (exact) mass is 290 g/mol. The van der Waals surface area contributed by atoms with Gasteiger partial charge in [-0.2, -0.15) is 5.10 Å².